The number of hydrogen-bond donors (Lipinski definition) is 2. The smallest absolute Gasteiger partial charge is 0.310 e. The van der Waals surface area contributed by atoms with E-state index in [2.05, 4.69) is 5.32 Å². The Hall–Kier alpha value is -2.82. The molecule has 0 radical (unpaired) electrons. The van der Waals surface area contributed by atoms with Gasteiger partial charge in [-0.05, 0) is 36.8 Å². The number of nitrogens with one attached hydrogen (secondary N) is 1. The molecule has 0 bridgehead atoms. The molecule has 5 heteroatoms. The van der Waals surface area contributed by atoms with E-state index < -0.39 is 17.5 Å². The molecule has 124 valence electrons. The summed E-state index contributed by atoms with van der Waals surface area (Å²) in [4.78, 5) is 23.7. The summed E-state index contributed by atoms with van der Waals surface area (Å²) < 4.78 is 5.86. The Labute approximate surface area is 140 Å². The Morgan fingerprint density at radius 2 is 1.83 bits per heavy atom. The van der Waals surface area contributed by atoms with Crippen molar-refractivity contribution >= 4 is 17.6 Å². The molecule has 24 heavy (non-hydrogen) atoms. The maximum atomic E-state index is 12.6. The van der Waals surface area contributed by atoms with E-state index in [1.165, 1.54) is 0 Å². The SMILES string of the molecule is CC(C(=O)O)c1cccc(NC(=O)C2(Oc3ccccc3)CC2)c1. The summed E-state index contributed by atoms with van der Waals surface area (Å²) in [5, 5.41) is 11.9. The zero-order valence-corrected chi connectivity index (χ0v) is 13.4. The lowest BCUT2D eigenvalue weighted by atomic mass is 10.0. The van der Waals surface area contributed by atoms with E-state index in [1.807, 2.05) is 30.3 Å². The number of ether oxygens (including phenoxy) is 1. The van der Waals surface area contributed by atoms with Gasteiger partial charge in [0.1, 0.15) is 5.75 Å². The number of aliphatic carboxylic acids is 1. The average Bonchev–Trinajstić information content (AvgIpc) is 3.36. The highest BCUT2D eigenvalue weighted by molar-refractivity contribution is 5.99. The maximum Gasteiger partial charge on any atom is 0.310 e. The number of benzene rings is 2. The molecule has 3 rings (SSSR count). The van der Waals surface area contributed by atoms with Crippen molar-refractivity contribution in [1.29, 1.82) is 0 Å². The van der Waals surface area contributed by atoms with Crippen molar-refractivity contribution in [2.24, 2.45) is 0 Å². The fourth-order valence-electron chi connectivity index (χ4n) is 2.48. The van der Waals surface area contributed by atoms with Gasteiger partial charge in [0.25, 0.3) is 5.91 Å². The second-order valence-corrected chi connectivity index (χ2v) is 6.05. The Morgan fingerprint density at radius 1 is 1.12 bits per heavy atom. The molecule has 0 heterocycles. The number of amides is 1. The molecule has 1 aliphatic carbocycles. The van der Waals surface area contributed by atoms with Crippen molar-refractivity contribution in [3.63, 3.8) is 0 Å². The first-order valence-electron chi connectivity index (χ1n) is 7.88. The van der Waals surface area contributed by atoms with Gasteiger partial charge in [0, 0.05) is 18.5 Å². The molecule has 2 N–H and O–H groups in total. The number of hydrogen-bond acceptors (Lipinski definition) is 3. The Morgan fingerprint density at radius 3 is 2.46 bits per heavy atom. The van der Waals surface area contributed by atoms with Crippen LogP contribution in [0.5, 0.6) is 5.75 Å². The topological polar surface area (TPSA) is 75.6 Å². The van der Waals surface area contributed by atoms with Crippen molar-refractivity contribution in [2.75, 3.05) is 5.32 Å². The minimum atomic E-state index is -0.899. The van der Waals surface area contributed by atoms with Crippen molar-refractivity contribution in [3.05, 3.63) is 60.2 Å². The molecule has 1 fully saturated rings. The van der Waals surface area contributed by atoms with E-state index in [-0.39, 0.29) is 5.91 Å². The van der Waals surface area contributed by atoms with Crippen LogP contribution >= 0.6 is 0 Å². The lowest BCUT2D eigenvalue weighted by Crippen LogP contribution is -2.35. The van der Waals surface area contributed by atoms with Crippen LogP contribution in [0, 0.1) is 0 Å². The second kappa shape index (κ2) is 6.35. The molecule has 1 saturated carbocycles. The number of rotatable bonds is 6. The summed E-state index contributed by atoms with van der Waals surface area (Å²) in [7, 11) is 0. The number of para-hydroxylation sites is 1. The third-order valence-electron chi connectivity index (χ3n) is 4.19. The highest BCUT2D eigenvalue weighted by Crippen LogP contribution is 2.41. The molecule has 2 aromatic carbocycles. The fourth-order valence-corrected chi connectivity index (χ4v) is 2.48. The van der Waals surface area contributed by atoms with Crippen molar-refractivity contribution in [1.82, 2.24) is 0 Å². The monoisotopic (exact) mass is 325 g/mol. The van der Waals surface area contributed by atoms with Crippen LogP contribution in [0.3, 0.4) is 0 Å². The molecule has 0 aromatic heterocycles. The minimum absolute atomic E-state index is 0.202. The van der Waals surface area contributed by atoms with Gasteiger partial charge in [0.15, 0.2) is 5.60 Å². The van der Waals surface area contributed by atoms with E-state index >= 15 is 0 Å². The Balaban J connectivity index is 1.71. The van der Waals surface area contributed by atoms with Gasteiger partial charge in [0.2, 0.25) is 0 Å². The van der Waals surface area contributed by atoms with Crippen LogP contribution in [0.1, 0.15) is 31.2 Å². The van der Waals surface area contributed by atoms with Crippen LogP contribution in [0.15, 0.2) is 54.6 Å². The molecule has 0 saturated heterocycles. The molecule has 0 spiro atoms. The standard InChI is InChI=1S/C19H19NO4/c1-13(17(21)22)14-6-5-7-15(12-14)20-18(23)19(10-11-19)24-16-8-3-2-4-9-16/h2-9,12-13H,10-11H2,1H3,(H,20,23)(H,21,22). The predicted molar refractivity (Wildman–Crippen MR) is 90.2 cm³/mol. The van der Waals surface area contributed by atoms with Gasteiger partial charge in [-0.25, -0.2) is 0 Å². The quantitative estimate of drug-likeness (QED) is 0.853. The molecule has 0 aliphatic heterocycles. The van der Waals surface area contributed by atoms with E-state index in [4.69, 9.17) is 9.84 Å². The first kappa shape index (κ1) is 16.1. The van der Waals surface area contributed by atoms with Gasteiger partial charge in [-0.15, -0.1) is 0 Å². The molecular formula is C19H19NO4. The van der Waals surface area contributed by atoms with Crippen LogP contribution in [-0.4, -0.2) is 22.6 Å². The van der Waals surface area contributed by atoms with Gasteiger partial charge in [0.05, 0.1) is 5.92 Å². The molecular weight excluding hydrogens is 306 g/mol. The number of carboxylic acid groups (broad SMARTS) is 1. The molecule has 2 aromatic rings. The summed E-state index contributed by atoms with van der Waals surface area (Å²) in [6, 6.07) is 16.2. The van der Waals surface area contributed by atoms with Crippen LogP contribution < -0.4 is 10.1 Å². The normalized spacial score (nSPS) is 16.0. The van der Waals surface area contributed by atoms with Crippen LogP contribution in [-0.2, 0) is 9.59 Å². The highest BCUT2D eigenvalue weighted by Gasteiger charge is 2.53. The lowest BCUT2D eigenvalue weighted by molar-refractivity contribution is -0.138. The number of carbonyl (C=O) groups excluding carboxylic acids is 1. The molecule has 1 amide bonds. The van der Waals surface area contributed by atoms with Gasteiger partial charge >= 0.3 is 5.97 Å². The summed E-state index contributed by atoms with van der Waals surface area (Å²) in [6.07, 6.45) is 1.33. The third-order valence-corrected chi connectivity index (χ3v) is 4.19. The average molecular weight is 325 g/mol. The fraction of sp³-hybridized carbons (Fsp3) is 0.263. The summed E-state index contributed by atoms with van der Waals surface area (Å²) in [5.41, 5.74) is 0.401. The first-order chi connectivity index (χ1) is 11.5. The van der Waals surface area contributed by atoms with Crippen molar-refractivity contribution in [2.45, 2.75) is 31.3 Å². The zero-order chi connectivity index (χ0) is 17.2. The van der Waals surface area contributed by atoms with Gasteiger partial charge in [-0.2, -0.15) is 0 Å². The maximum absolute atomic E-state index is 12.6. The second-order valence-electron chi connectivity index (χ2n) is 6.05. The molecule has 1 aliphatic rings. The van der Waals surface area contributed by atoms with Crippen molar-refractivity contribution in [3.8, 4) is 5.75 Å². The molecule has 1 unspecified atom stereocenters. The summed E-state index contributed by atoms with van der Waals surface area (Å²) >= 11 is 0. The summed E-state index contributed by atoms with van der Waals surface area (Å²) in [5.74, 6) is -1.06. The number of carboxylic acids is 1. The van der Waals surface area contributed by atoms with Crippen LogP contribution in [0.25, 0.3) is 0 Å². The van der Waals surface area contributed by atoms with Crippen LogP contribution in [0.2, 0.25) is 0 Å². The van der Waals surface area contributed by atoms with Crippen LogP contribution in [0.4, 0.5) is 5.69 Å². The Kier molecular flexibility index (Phi) is 4.25. The third kappa shape index (κ3) is 3.40. The van der Waals surface area contributed by atoms with E-state index in [0.29, 0.717) is 29.8 Å². The summed E-state index contributed by atoms with van der Waals surface area (Å²) in [6.45, 7) is 1.62. The van der Waals surface area contributed by atoms with E-state index in [1.54, 1.807) is 31.2 Å². The van der Waals surface area contributed by atoms with E-state index in [9.17, 15) is 9.59 Å². The minimum Gasteiger partial charge on any atom is -0.481 e. The largest absolute Gasteiger partial charge is 0.481 e. The molecule has 1 atom stereocenters. The zero-order valence-electron chi connectivity index (χ0n) is 13.4. The van der Waals surface area contributed by atoms with Gasteiger partial charge < -0.3 is 15.2 Å². The van der Waals surface area contributed by atoms with Gasteiger partial charge in [-0.3, -0.25) is 9.59 Å². The van der Waals surface area contributed by atoms with Crippen molar-refractivity contribution < 1.29 is 19.4 Å². The molecule has 5 nitrogen and oxygen atoms in total. The number of anilines is 1. The predicted octanol–water partition coefficient (Wildman–Crippen LogP) is 3.42. The van der Waals surface area contributed by atoms with E-state index in [0.717, 1.165) is 0 Å². The van der Waals surface area contributed by atoms with Gasteiger partial charge in [-0.1, -0.05) is 30.3 Å². The first-order valence-corrected chi connectivity index (χ1v) is 7.88. The highest BCUT2D eigenvalue weighted by atomic mass is 16.5. The number of carbonyl (C=O) groups is 2. The lowest BCUT2D eigenvalue weighted by Gasteiger charge is -2.18. The Bertz CT molecular complexity index is 753.